The summed E-state index contributed by atoms with van der Waals surface area (Å²) in [6.07, 6.45) is 1.90. The second kappa shape index (κ2) is 16.9. The first kappa shape index (κ1) is 33.8. The monoisotopic (exact) mass is 614 g/mol. The van der Waals surface area contributed by atoms with Crippen LogP contribution in [0, 0.1) is 0 Å². The Morgan fingerprint density at radius 3 is 2.09 bits per heavy atom. The molecule has 1 aliphatic rings. The Bertz CT molecular complexity index is 1360. The van der Waals surface area contributed by atoms with Crippen molar-refractivity contribution < 1.29 is 24.2 Å². The highest BCUT2D eigenvalue weighted by molar-refractivity contribution is 5.92. The molecule has 9 nitrogen and oxygen atoms in total. The number of aliphatic hydroxyl groups excluding tert-OH is 1. The maximum absolute atomic E-state index is 14.3. The number of hydrogen-bond acceptors (Lipinski definition) is 6. The number of amides is 3. The maximum Gasteiger partial charge on any atom is 0.249 e. The van der Waals surface area contributed by atoms with Gasteiger partial charge < -0.3 is 30.3 Å². The van der Waals surface area contributed by atoms with Crippen molar-refractivity contribution >= 4 is 17.7 Å². The minimum atomic E-state index is -0.874. The van der Waals surface area contributed by atoms with Crippen LogP contribution >= 0.6 is 0 Å². The van der Waals surface area contributed by atoms with E-state index in [9.17, 15) is 19.5 Å². The van der Waals surface area contributed by atoms with Crippen LogP contribution in [-0.2, 0) is 32.0 Å². The normalized spacial score (nSPS) is 16.4. The zero-order valence-corrected chi connectivity index (χ0v) is 26.5. The molecular weight excluding hydrogens is 568 g/mol. The molecule has 1 saturated heterocycles. The summed E-state index contributed by atoms with van der Waals surface area (Å²) in [5.41, 5.74) is 3.91. The summed E-state index contributed by atoms with van der Waals surface area (Å²) in [7, 11) is 3.22. The van der Waals surface area contributed by atoms with E-state index >= 15 is 0 Å². The molecule has 0 saturated carbocycles. The van der Waals surface area contributed by atoms with Crippen molar-refractivity contribution in [3.05, 3.63) is 96.1 Å². The van der Waals surface area contributed by atoms with Crippen LogP contribution < -0.4 is 10.6 Å². The van der Waals surface area contributed by atoms with Gasteiger partial charge in [0.2, 0.25) is 17.7 Å². The van der Waals surface area contributed by atoms with E-state index in [-0.39, 0.29) is 49.8 Å². The van der Waals surface area contributed by atoms with Gasteiger partial charge >= 0.3 is 0 Å². The van der Waals surface area contributed by atoms with E-state index in [1.807, 2.05) is 84.9 Å². The van der Waals surface area contributed by atoms with Crippen molar-refractivity contribution in [3.8, 4) is 11.1 Å². The Morgan fingerprint density at radius 1 is 0.867 bits per heavy atom. The Balaban J connectivity index is 1.56. The van der Waals surface area contributed by atoms with Gasteiger partial charge in [-0.05, 0) is 48.6 Å². The summed E-state index contributed by atoms with van der Waals surface area (Å²) in [5, 5.41) is 15.9. The first-order valence-electron chi connectivity index (χ1n) is 15.7. The quantitative estimate of drug-likeness (QED) is 0.243. The average Bonchev–Trinajstić information content (AvgIpc) is 3.59. The van der Waals surface area contributed by atoms with Gasteiger partial charge in [0.05, 0.1) is 12.7 Å². The third kappa shape index (κ3) is 9.97. The number of aliphatic hydroxyl groups is 1. The minimum absolute atomic E-state index is 0.0644. The first-order chi connectivity index (χ1) is 21.7. The maximum atomic E-state index is 14.3. The smallest absolute Gasteiger partial charge is 0.249 e. The van der Waals surface area contributed by atoms with E-state index in [1.165, 1.54) is 9.80 Å². The highest BCUT2D eigenvalue weighted by Gasteiger charge is 2.35. The fourth-order valence-corrected chi connectivity index (χ4v) is 5.54. The van der Waals surface area contributed by atoms with Crippen LogP contribution in [0.3, 0.4) is 0 Å². The van der Waals surface area contributed by atoms with E-state index in [1.54, 1.807) is 21.0 Å². The number of nitrogens with one attached hydrogen (secondary N) is 2. The lowest BCUT2D eigenvalue weighted by atomic mass is 9.98. The molecule has 0 bridgehead atoms. The summed E-state index contributed by atoms with van der Waals surface area (Å²) in [6, 6.07) is 26.0. The number of benzene rings is 3. The van der Waals surface area contributed by atoms with Gasteiger partial charge in [-0.15, -0.1) is 0 Å². The zero-order chi connectivity index (χ0) is 32.2. The molecule has 0 unspecified atom stereocenters. The van der Waals surface area contributed by atoms with Crippen LogP contribution in [0.2, 0.25) is 0 Å². The lowest BCUT2D eigenvalue weighted by molar-refractivity contribution is -0.149. The molecule has 0 radical (unpaired) electrons. The van der Waals surface area contributed by atoms with Gasteiger partial charge in [0.15, 0.2) is 0 Å². The fourth-order valence-electron chi connectivity index (χ4n) is 5.54. The lowest BCUT2D eigenvalue weighted by Crippen LogP contribution is -2.56. The van der Waals surface area contributed by atoms with Gasteiger partial charge in [-0.1, -0.05) is 84.9 Å². The first-order valence-corrected chi connectivity index (χ1v) is 15.7. The molecule has 3 N–H and O–H groups in total. The second-order valence-electron chi connectivity index (χ2n) is 11.8. The van der Waals surface area contributed by atoms with Crippen LogP contribution in [-0.4, -0.2) is 97.3 Å². The summed E-state index contributed by atoms with van der Waals surface area (Å²) in [6.45, 7) is 2.89. The van der Waals surface area contributed by atoms with E-state index < -0.39 is 18.2 Å². The molecule has 3 aromatic carbocycles. The summed E-state index contributed by atoms with van der Waals surface area (Å²) >= 11 is 0. The zero-order valence-electron chi connectivity index (χ0n) is 26.5. The van der Waals surface area contributed by atoms with Gasteiger partial charge in [-0.2, -0.15) is 0 Å². The van der Waals surface area contributed by atoms with Crippen molar-refractivity contribution in [2.45, 2.75) is 56.8 Å². The van der Waals surface area contributed by atoms with Crippen LogP contribution in [0.1, 0.15) is 30.9 Å². The lowest BCUT2D eigenvalue weighted by Gasteiger charge is -2.34. The molecule has 0 spiro atoms. The van der Waals surface area contributed by atoms with Crippen LogP contribution in [0.4, 0.5) is 0 Å². The van der Waals surface area contributed by atoms with E-state index in [2.05, 4.69) is 10.6 Å². The molecule has 1 heterocycles. The van der Waals surface area contributed by atoms with Crippen molar-refractivity contribution in [1.82, 2.24) is 20.4 Å². The Morgan fingerprint density at radius 2 is 1.47 bits per heavy atom. The molecule has 0 aliphatic carbocycles. The number of carbonyl (C=O) groups is 3. The van der Waals surface area contributed by atoms with Crippen LogP contribution in [0.25, 0.3) is 11.1 Å². The highest BCUT2D eigenvalue weighted by Crippen LogP contribution is 2.21. The number of hydrogen-bond donors (Lipinski definition) is 3. The predicted octanol–water partition coefficient (Wildman–Crippen LogP) is 3.06. The SMILES string of the molecule is C[C@@H](O)CNC(=O)[C@@H](Cc1ccccc1)N(C)C(=O)[C@@H](Cc1ccc(-c2ccccc2)cc1)N(C)C(=O)COC[C@H]1CCCN1. The Hall–Kier alpha value is -4.05. The molecular formula is C36H46N4O5. The molecule has 3 amide bonds. The van der Waals surface area contributed by atoms with Crippen molar-refractivity contribution in [2.75, 3.05) is 40.4 Å². The third-order valence-electron chi connectivity index (χ3n) is 8.30. The van der Waals surface area contributed by atoms with Crippen molar-refractivity contribution in [3.63, 3.8) is 0 Å². The summed E-state index contributed by atoms with van der Waals surface area (Å²) in [4.78, 5) is 44.0. The molecule has 4 atom stereocenters. The number of ether oxygens (including phenoxy) is 1. The molecule has 0 aromatic heterocycles. The number of likely N-dealkylation sites (N-methyl/N-ethyl adjacent to an activating group) is 2. The Kier molecular flexibility index (Phi) is 12.7. The van der Waals surface area contributed by atoms with Gasteiger partial charge in [0, 0.05) is 39.5 Å². The van der Waals surface area contributed by atoms with Gasteiger partial charge in [-0.25, -0.2) is 0 Å². The topological polar surface area (TPSA) is 111 Å². The van der Waals surface area contributed by atoms with E-state index in [4.69, 9.17) is 4.74 Å². The highest BCUT2D eigenvalue weighted by atomic mass is 16.5. The molecule has 3 aromatic rings. The van der Waals surface area contributed by atoms with Gasteiger partial charge in [0.1, 0.15) is 18.7 Å². The fraction of sp³-hybridized carbons (Fsp3) is 0.417. The van der Waals surface area contributed by atoms with Crippen molar-refractivity contribution in [1.29, 1.82) is 0 Å². The summed E-state index contributed by atoms with van der Waals surface area (Å²) in [5.74, 6) is -1.04. The van der Waals surface area contributed by atoms with Crippen LogP contribution in [0.5, 0.6) is 0 Å². The van der Waals surface area contributed by atoms with Gasteiger partial charge in [0.25, 0.3) is 0 Å². The minimum Gasteiger partial charge on any atom is -0.392 e. The Labute approximate surface area is 266 Å². The third-order valence-corrected chi connectivity index (χ3v) is 8.30. The summed E-state index contributed by atoms with van der Waals surface area (Å²) < 4.78 is 5.76. The number of nitrogens with zero attached hydrogens (tertiary/aromatic N) is 2. The number of rotatable bonds is 15. The van der Waals surface area contributed by atoms with Crippen LogP contribution in [0.15, 0.2) is 84.9 Å². The van der Waals surface area contributed by atoms with Gasteiger partial charge in [-0.3, -0.25) is 14.4 Å². The molecule has 4 rings (SSSR count). The number of carbonyl (C=O) groups excluding carboxylic acids is 3. The van der Waals surface area contributed by atoms with E-state index in [0.29, 0.717) is 6.61 Å². The van der Waals surface area contributed by atoms with E-state index in [0.717, 1.165) is 41.6 Å². The van der Waals surface area contributed by atoms with Crippen molar-refractivity contribution in [2.24, 2.45) is 0 Å². The molecule has 9 heteroatoms. The predicted molar refractivity (Wildman–Crippen MR) is 175 cm³/mol. The molecule has 45 heavy (non-hydrogen) atoms. The molecule has 1 aliphatic heterocycles. The average molecular weight is 615 g/mol. The molecule has 240 valence electrons. The molecule has 1 fully saturated rings. The standard InChI is InChI=1S/C36H46N4O5/c1-26(41)23-38-35(43)32(21-27-11-6-4-7-12-27)40(3)36(44)33(39(2)34(42)25-45-24-31-15-10-20-37-31)22-28-16-18-30(19-17-28)29-13-8-5-9-14-29/h4-9,11-14,16-19,26,31-33,37,41H,10,15,20-25H2,1-3H3,(H,38,43)/t26-,31-,32-,33-/m1/s1. The largest absolute Gasteiger partial charge is 0.392 e. The second-order valence-corrected chi connectivity index (χ2v) is 11.8.